The third kappa shape index (κ3) is 3.56. The molecule has 0 fully saturated rings. The van der Waals surface area contributed by atoms with E-state index in [9.17, 15) is 9.59 Å². The standard InChI is InChI=1S/C12H11ClN2O3S2/c1-18-12(17)11-8(2-3-19-11)15-9(16)4-10-14-7(5-13)6-20-10/h2-3,6H,4-5H2,1H3,(H,15,16). The van der Waals surface area contributed by atoms with Crippen LogP contribution in [0.5, 0.6) is 0 Å². The van der Waals surface area contributed by atoms with E-state index in [1.54, 1.807) is 11.4 Å². The Bertz CT molecular complexity index is 624. The topological polar surface area (TPSA) is 68.3 Å². The number of hydrogen-bond acceptors (Lipinski definition) is 6. The summed E-state index contributed by atoms with van der Waals surface area (Å²) in [7, 11) is 1.30. The molecule has 2 aromatic heterocycles. The molecule has 0 aliphatic carbocycles. The third-order valence-corrected chi connectivity index (χ3v) is 4.42. The van der Waals surface area contributed by atoms with E-state index in [0.29, 0.717) is 21.5 Å². The average Bonchev–Trinajstić information content (AvgIpc) is 3.07. The number of thiazole rings is 1. The van der Waals surface area contributed by atoms with Crippen molar-refractivity contribution in [1.82, 2.24) is 4.98 Å². The predicted octanol–water partition coefficient (Wildman–Crippen LogP) is 2.91. The Hall–Kier alpha value is -1.44. The largest absolute Gasteiger partial charge is 0.465 e. The van der Waals surface area contributed by atoms with Crippen molar-refractivity contribution in [3.8, 4) is 0 Å². The lowest BCUT2D eigenvalue weighted by Gasteiger charge is -2.04. The van der Waals surface area contributed by atoms with E-state index in [1.807, 2.05) is 5.38 Å². The maximum absolute atomic E-state index is 11.9. The van der Waals surface area contributed by atoms with Gasteiger partial charge in [0, 0.05) is 5.38 Å². The minimum absolute atomic E-state index is 0.151. The van der Waals surface area contributed by atoms with E-state index in [0.717, 1.165) is 5.69 Å². The molecule has 0 saturated heterocycles. The normalized spacial score (nSPS) is 10.3. The number of carbonyl (C=O) groups excluding carboxylic acids is 2. The molecule has 0 aliphatic rings. The van der Waals surface area contributed by atoms with E-state index in [1.165, 1.54) is 29.8 Å². The van der Waals surface area contributed by atoms with Crippen molar-refractivity contribution in [2.75, 3.05) is 12.4 Å². The van der Waals surface area contributed by atoms with Gasteiger partial charge in [-0.3, -0.25) is 4.79 Å². The van der Waals surface area contributed by atoms with Crippen LogP contribution in [0.1, 0.15) is 20.4 Å². The average molecular weight is 331 g/mol. The molecule has 20 heavy (non-hydrogen) atoms. The van der Waals surface area contributed by atoms with Gasteiger partial charge in [-0.2, -0.15) is 0 Å². The highest BCUT2D eigenvalue weighted by Gasteiger charge is 2.16. The molecule has 0 aromatic carbocycles. The van der Waals surface area contributed by atoms with Crippen molar-refractivity contribution in [1.29, 1.82) is 0 Å². The van der Waals surface area contributed by atoms with Crippen molar-refractivity contribution >= 4 is 51.8 Å². The molecule has 0 spiro atoms. The maximum Gasteiger partial charge on any atom is 0.350 e. The molecule has 2 heterocycles. The minimum Gasteiger partial charge on any atom is -0.465 e. The Morgan fingerprint density at radius 1 is 1.45 bits per heavy atom. The number of alkyl halides is 1. The molecular formula is C12H11ClN2O3S2. The van der Waals surface area contributed by atoms with Crippen LogP contribution in [0.3, 0.4) is 0 Å². The van der Waals surface area contributed by atoms with Crippen molar-refractivity contribution < 1.29 is 14.3 Å². The third-order valence-electron chi connectivity index (χ3n) is 2.36. The molecule has 2 aromatic rings. The lowest BCUT2D eigenvalue weighted by molar-refractivity contribution is -0.115. The number of thiophene rings is 1. The van der Waals surface area contributed by atoms with Crippen molar-refractivity contribution in [2.45, 2.75) is 12.3 Å². The summed E-state index contributed by atoms with van der Waals surface area (Å²) < 4.78 is 4.65. The first kappa shape index (κ1) is 15.0. The molecule has 0 unspecified atom stereocenters. The van der Waals surface area contributed by atoms with Gasteiger partial charge >= 0.3 is 5.97 Å². The molecule has 0 atom stereocenters. The number of ether oxygens (including phenoxy) is 1. The zero-order chi connectivity index (χ0) is 14.5. The molecule has 1 N–H and O–H groups in total. The van der Waals surface area contributed by atoms with Gasteiger partial charge in [0.15, 0.2) is 0 Å². The number of esters is 1. The van der Waals surface area contributed by atoms with Gasteiger partial charge in [-0.25, -0.2) is 9.78 Å². The van der Waals surface area contributed by atoms with E-state index >= 15 is 0 Å². The highest BCUT2D eigenvalue weighted by molar-refractivity contribution is 7.12. The van der Waals surface area contributed by atoms with Gasteiger partial charge in [0.05, 0.1) is 30.8 Å². The first-order chi connectivity index (χ1) is 9.63. The van der Waals surface area contributed by atoms with Crippen molar-refractivity contribution in [3.05, 3.63) is 32.4 Å². The van der Waals surface area contributed by atoms with Gasteiger partial charge in [-0.1, -0.05) is 0 Å². The van der Waals surface area contributed by atoms with Crippen molar-refractivity contribution in [2.24, 2.45) is 0 Å². The van der Waals surface area contributed by atoms with E-state index in [-0.39, 0.29) is 12.3 Å². The van der Waals surface area contributed by atoms with Crippen LogP contribution in [0.4, 0.5) is 5.69 Å². The second-order valence-corrected chi connectivity index (χ2v) is 5.87. The first-order valence-corrected chi connectivity index (χ1v) is 7.88. The zero-order valence-electron chi connectivity index (χ0n) is 10.5. The van der Waals surface area contributed by atoms with Gasteiger partial charge < -0.3 is 10.1 Å². The number of aromatic nitrogens is 1. The van der Waals surface area contributed by atoms with Gasteiger partial charge in [0.25, 0.3) is 0 Å². The summed E-state index contributed by atoms with van der Waals surface area (Å²) in [5.41, 5.74) is 1.21. The van der Waals surface area contributed by atoms with Gasteiger partial charge in [-0.15, -0.1) is 34.3 Å². The molecule has 106 valence electrons. The number of anilines is 1. The fourth-order valence-electron chi connectivity index (χ4n) is 1.48. The molecule has 8 heteroatoms. The molecule has 0 aliphatic heterocycles. The Labute approximate surface area is 128 Å². The highest BCUT2D eigenvalue weighted by atomic mass is 35.5. The van der Waals surface area contributed by atoms with Crippen LogP contribution < -0.4 is 5.32 Å². The summed E-state index contributed by atoms with van der Waals surface area (Å²) >= 11 is 8.26. The monoisotopic (exact) mass is 330 g/mol. The summed E-state index contributed by atoms with van der Waals surface area (Å²) in [5.74, 6) is -0.368. The van der Waals surface area contributed by atoms with E-state index in [4.69, 9.17) is 11.6 Å². The second-order valence-electron chi connectivity index (χ2n) is 3.75. The lowest BCUT2D eigenvalue weighted by atomic mass is 10.3. The predicted molar refractivity (Wildman–Crippen MR) is 79.7 cm³/mol. The van der Waals surface area contributed by atoms with Crippen LogP contribution in [0, 0.1) is 0 Å². The number of hydrogen-bond donors (Lipinski definition) is 1. The summed E-state index contributed by atoms with van der Waals surface area (Å²) in [5, 5.41) is 6.91. The number of rotatable bonds is 5. The number of methoxy groups -OCH3 is 1. The van der Waals surface area contributed by atoms with Crippen LogP contribution >= 0.6 is 34.3 Å². The van der Waals surface area contributed by atoms with Gasteiger partial charge in [-0.05, 0) is 11.4 Å². The summed E-state index contributed by atoms with van der Waals surface area (Å²) in [6.45, 7) is 0. The quantitative estimate of drug-likeness (QED) is 0.676. The van der Waals surface area contributed by atoms with Crippen LogP contribution in [0.15, 0.2) is 16.8 Å². The fourth-order valence-corrected chi connectivity index (χ4v) is 3.27. The zero-order valence-corrected chi connectivity index (χ0v) is 12.9. The fraction of sp³-hybridized carbons (Fsp3) is 0.250. The Morgan fingerprint density at radius 2 is 2.25 bits per heavy atom. The SMILES string of the molecule is COC(=O)c1sccc1NC(=O)Cc1nc(CCl)cs1. The molecule has 2 rings (SSSR count). The summed E-state index contributed by atoms with van der Waals surface area (Å²) in [6, 6.07) is 1.67. The number of nitrogens with zero attached hydrogens (tertiary/aromatic N) is 1. The van der Waals surface area contributed by atoms with Crippen LogP contribution in [0.25, 0.3) is 0 Å². The number of nitrogens with one attached hydrogen (secondary N) is 1. The van der Waals surface area contributed by atoms with E-state index in [2.05, 4.69) is 15.0 Å². The van der Waals surface area contributed by atoms with Gasteiger partial charge in [0.1, 0.15) is 9.88 Å². The summed E-state index contributed by atoms with van der Waals surface area (Å²) in [4.78, 5) is 28.0. The van der Waals surface area contributed by atoms with Crippen LogP contribution in [-0.2, 0) is 21.8 Å². The Kier molecular flexibility index (Phi) is 5.11. The molecule has 5 nitrogen and oxygen atoms in total. The first-order valence-electron chi connectivity index (χ1n) is 5.59. The summed E-state index contributed by atoms with van der Waals surface area (Å²) in [6.07, 6.45) is 0.151. The van der Waals surface area contributed by atoms with Gasteiger partial charge in [0.2, 0.25) is 5.91 Å². The maximum atomic E-state index is 11.9. The van der Waals surface area contributed by atoms with Crippen LogP contribution in [-0.4, -0.2) is 24.0 Å². The van der Waals surface area contributed by atoms with Crippen LogP contribution in [0.2, 0.25) is 0 Å². The molecule has 1 amide bonds. The second kappa shape index (κ2) is 6.83. The molecular weight excluding hydrogens is 320 g/mol. The minimum atomic E-state index is -0.464. The lowest BCUT2D eigenvalue weighted by Crippen LogP contribution is -2.16. The van der Waals surface area contributed by atoms with E-state index < -0.39 is 5.97 Å². The number of carbonyl (C=O) groups is 2. The molecule has 0 radical (unpaired) electrons. The Balaban J connectivity index is 2.01. The molecule has 0 saturated carbocycles. The number of halogens is 1. The molecule has 0 bridgehead atoms. The smallest absolute Gasteiger partial charge is 0.350 e. The Morgan fingerprint density at radius 3 is 2.90 bits per heavy atom. The van der Waals surface area contributed by atoms with Crippen molar-refractivity contribution in [3.63, 3.8) is 0 Å². The number of amides is 1. The highest BCUT2D eigenvalue weighted by Crippen LogP contribution is 2.23.